The van der Waals surface area contributed by atoms with E-state index in [-0.39, 0.29) is 16.9 Å². The van der Waals surface area contributed by atoms with E-state index in [9.17, 15) is 28.2 Å². The molecule has 0 spiro atoms. The Morgan fingerprint density at radius 2 is 1.78 bits per heavy atom. The molecule has 0 bridgehead atoms. The molecule has 0 unspecified atom stereocenters. The molecule has 8 heteroatoms. The molecule has 2 rings (SSSR count). The third kappa shape index (κ3) is 4.00. The summed E-state index contributed by atoms with van der Waals surface area (Å²) in [6, 6.07) is 8.01. The van der Waals surface area contributed by atoms with Crippen LogP contribution in [-0.2, 0) is 6.18 Å². The summed E-state index contributed by atoms with van der Waals surface area (Å²) in [4.78, 5) is 11.7. The number of phenols is 2. The molecule has 2 aromatic carbocycles. The van der Waals surface area contributed by atoms with Crippen LogP contribution in [0.15, 0.2) is 47.6 Å². The van der Waals surface area contributed by atoms with Crippen molar-refractivity contribution in [3.05, 3.63) is 59.2 Å². The molecule has 0 aromatic heterocycles. The number of amides is 1. The van der Waals surface area contributed by atoms with E-state index in [0.29, 0.717) is 6.07 Å². The molecule has 120 valence electrons. The van der Waals surface area contributed by atoms with Gasteiger partial charge in [-0.3, -0.25) is 4.79 Å². The van der Waals surface area contributed by atoms with Crippen molar-refractivity contribution in [3.63, 3.8) is 0 Å². The van der Waals surface area contributed by atoms with Crippen LogP contribution < -0.4 is 5.43 Å². The van der Waals surface area contributed by atoms with Crippen LogP contribution in [0.3, 0.4) is 0 Å². The van der Waals surface area contributed by atoms with Gasteiger partial charge < -0.3 is 10.2 Å². The van der Waals surface area contributed by atoms with Crippen LogP contribution in [0, 0.1) is 0 Å². The van der Waals surface area contributed by atoms with Gasteiger partial charge in [-0.25, -0.2) is 5.43 Å². The molecule has 0 aliphatic carbocycles. The van der Waals surface area contributed by atoms with Crippen molar-refractivity contribution >= 4 is 12.1 Å². The van der Waals surface area contributed by atoms with Crippen LogP contribution in [0.25, 0.3) is 0 Å². The van der Waals surface area contributed by atoms with Crippen molar-refractivity contribution in [2.45, 2.75) is 6.18 Å². The molecular weight excluding hydrogens is 313 g/mol. The number of carbonyl (C=O) groups is 1. The van der Waals surface area contributed by atoms with Crippen LogP contribution in [0.2, 0.25) is 0 Å². The number of carbonyl (C=O) groups excluding carboxylic acids is 1. The lowest BCUT2D eigenvalue weighted by Gasteiger charge is -2.08. The summed E-state index contributed by atoms with van der Waals surface area (Å²) in [7, 11) is 0. The Morgan fingerprint density at radius 1 is 1.09 bits per heavy atom. The zero-order valence-electron chi connectivity index (χ0n) is 11.5. The third-order valence-electron chi connectivity index (χ3n) is 2.87. The van der Waals surface area contributed by atoms with Crippen LogP contribution in [0.1, 0.15) is 21.5 Å². The second kappa shape index (κ2) is 6.39. The van der Waals surface area contributed by atoms with Gasteiger partial charge in [0.05, 0.1) is 17.3 Å². The lowest BCUT2D eigenvalue weighted by molar-refractivity contribution is -0.137. The Balaban J connectivity index is 2.15. The largest absolute Gasteiger partial charge is 0.507 e. The second-order valence-corrected chi connectivity index (χ2v) is 4.49. The van der Waals surface area contributed by atoms with Gasteiger partial charge in [0.15, 0.2) is 0 Å². The van der Waals surface area contributed by atoms with Gasteiger partial charge in [-0.15, -0.1) is 0 Å². The molecule has 0 heterocycles. The van der Waals surface area contributed by atoms with E-state index in [4.69, 9.17) is 0 Å². The molecule has 3 N–H and O–H groups in total. The first-order valence-electron chi connectivity index (χ1n) is 6.30. The minimum atomic E-state index is -4.56. The van der Waals surface area contributed by atoms with E-state index in [1.807, 2.05) is 0 Å². The van der Waals surface area contributed by atoms with Gasteiger partial charge in [-0.1, -0.05) is 12.1 Å². The molecule has 0 aliphatic heterocycles. The molecule has 2 aromatic rings. The number of hydrogen-bond acceptors (Lipinski definition) is 4. The summed E-state index contributed by atoms with van der Waals surface area (Å²) < 4.78 is 37.8. The average molecular weight is 324 g/mol. The van der Waals surface area contributed by atoms with Crippen LogP contribution >= 0.6 is 0 Å². The van der Waals surface area contributed by atoms with Crippen molar-refractivity contribution in [3.8, 4) is 11.5 Å². The Hall–Kier alpha value is -3.03. The zero-order valence-corrected chi connectivity index (χ0v) is 11.5. The van der Waals surface area contributed by atoms with E-state index in [1.54, 1.807) is 0 Å². The monoisotopic (exact) mass is 324 g/mol. The fourth-order valence-corrected chi connectivity index (χ4v) is 1.72. The maximum atomic E-state index is 12.6. The highest BCUT2D eigenvalue weighted by Crippen LogP contribution is 2.31. The van der Waals surface area contributed by atoms with Gasteiger partial charge in [-0.2, -0.15) is 18.3 Å². The van der Waals surface area contributed by atoms with Gasteiger partial charge in [-0.05, 0) is 30.3 Å². The van der Waals surface area contributed by atoms with E-state index in [2.05, 4.69) is 10.5 Å². The second-order valence-electron chi connectivity index (χ2n) is 4.49. The number of hydrogen-bond donors (Lipinski definition) is 3. The number of nitrogens with one attached hydrogen (secondary N) is 1. The first-order chi connectivity index (χ1) is 10.8. The quantitative estimate of drug-likeness (QED) is 0.600. The van der Waals surface area contributed by atoms with Crippen molar-refractivity contribution in [1.29, 1.82) is 0 Å². The molecule has 0 radical (unpaired) electrons. The van der Waals surface area contributed by atoms with Crippen molar-refractivity contribution in [2.24, 2.45) is 5.10 Å². The highest BCUT2D eigenvalue weighted by Gasteiger charge is 2.30. The summed E-state index contributed by atoms with van der Waals surface area (Å²) in [6.45, 7) is 0. The predicted octanol–water partition coefficient (Wildman–Crippen LogP) is 2.88. The normalized spacial score (nSPS) is 11.6. The minimum absolute atomic E-state index is 0.0436. The average Bonchev–Trinajstić information content (AvgIpc) is 2.48. The number of nitrogens with zero attached hydrogens (tertiary/aromatic N) is 1. The number of benzene rings is 2. The van der Waals surface area contributed by atoms with Crippen LogP contribution in [-0.4, -0.2) is 22.3 Å². The first kappa shape index (κ1) is 16.3. The fraction of sp³-hybridized carbons (Fsp3) is 0.0667. The molecular formula is C15H11F3N2O3. The Morgan fingerprint density at radius 3 is 2.43 bits per heavy atom. The maximum Gasteiger partial charge on any atom is 0.416 e. The smallest absolute Gasteiger partial charge is 0.416 e. The van der Waals surface area contributed by atoms with Crippen molar-refractivity contribution in [1.82, 2.24) is 5.43 Å². The van der Waals surface area contributed by atoms with Crippen LogP contribution in [0.4, 0.5) is 13.2 Å². The van der Waals surface area contributed by atoms with E-state index >= 15 is 0 Å². The Kier molecular flexibility index (Phi) is 4.54. The summed E-state index contributed by atoms with van der Waals surface area (Å²) in [5.74, 6) is -1.42. The standard InChI is InChI=1S/C15H11F3N2O3/c16-15(17,18)10-5-6-12(21)9(7-10)8-19-20-14(23)11-3-1-2-4-13(11)22/h1-8,21-22H,(H,20,23)/b19-8+. The number of aromatic hydroxyl groups is 2. The lowest BCUT2D eigenvalue weighted by atomic mass is 10.1. The van der Waals surface area contributed by atoms with Crippen molar-refractivity contribution in [2.75, 3.05) is 0 Å². The molecule has 0 saturated carbocycles. The SMILES string of the molecule is O=C(N/N=C/c1cc(C(F)(F)F)ccc1O)c1ccccc1O. The molecule has 23 heavy (non-hydrogen) atoms. The number of halogens is 3. The fourth-order valence-electron chi connectivity index (χ4n) is 1.72. The number of para-hydroxylation sites is 1. The molecule has 0 aliphatic rings. The number of rotatable bonds is 3. The summed E-state index contributed by atoms with van der Waals surface area (Å²) in [5, 5.41) is 22.5. The highest BCUT2D eigenvalue weighted by molar-refractivity contribution is 5.97. The lowest BCUT2D eigenvalue weighted by Crippen LogP contribution is -2.17. The van der Waals surface area contributed by atoms with Crippen molar-refractivity contribution < 1.29 is 28.2 Å². The maximum absolute atomic E-state index is 12.6. The first-order valence-corrected chi connectivity index (χ1v) is 6.30. The summed E-state index contributed by atoms with van der Waals surface area (Å²) in [5.41, 5.74) is 0.843. The van der Waals surface area contributed by atoms with Gasteiger partial charge >= 0.3 is 6.18 Å². The predicted molar refractivity (Wildman–Crippen MR) is 76.3 cm³/mol. The number of hydrazone groups is 1. The topological polar surface area (TPSA) is 81.9 Å². The van der Waals surface area contributed by atoms with E-state index in [1.165, 1.54) is 24.3 Å². The molecule has 5 nitrogen and oxygen atoms in total. The Labute approximate surface area is 128 Å². The zero-order chi connectivity index (χ0) is 17.0. The minimum Gasteiger partial charge on any atom is -0.507 e. The van der Waals surface area contributed by atoms with Crippen LogP contribution in [0.5, 0.6) is 11.5 Å². The van der Waals surface area contributed by atoms with Gasteiger partial charge in [0.2, 0.25) is 0 Å². The van der Waals surface area contributed by atoms with Gasteiger partial charge in [0, 0.05) is 5.56 Å². The summed E-state index contributed by atoms with van der Waals surface area (Å²) >= 11 is 0. The third-order valence-corrected chi connectivity index (χ3v) is 2.87. The molecule has 0 atom stereocenters. The number of phenolic OH excluding ortho intramolecular Hbond substituents is 2. The number of alkyl halides is 3. The van der Waals surface area contributed by atoms with E-state index in [0.717, 1.165) is 18.3 Å². The van der Waals surface area contributed by atoms with E-state index < -0.39 is 23.4 Å². The summed E-state index contributed by atoms with van der Waals surface area (Å²) in [6.07, 6.45) is -3.68. The molecule has 0 saturated heterocycles. The van der Waals surface area contributed by atoms with Gasteiger partial charge in [0.25, 0.3) is 5.91 Å². The molecule has 0 fully saturated rings. The van der Waals surface area contributed by atoms with Gasteiger partial charge in [0.1, 0.15) is 11.5 Å². The molecule has 1 amide bonds. The highest BCUT2D eigenvalue weighted by atomic mass is 19.4. The Bertz CT molecular complexity index is 758.